The molecule has 4 heterocycles. The first kappa shape index (κ1) is 20.6. The van der Waals surface area contributed by atoms with E-state index >= 15 is 0 Å². The van der Waals surface area contributed by atoms with Crippen LogP contribution in [-0.4, -0.2) is 49.3 Å². The van der Waals surface area contributed by atoms with Gasteiger partial charge in [0.2, 0.25) is 5.95 Å². The second kappa shape index (κ2) is 7.82. The van der Waals surface area contributed by atoms with Crippen molar-refractivity contribution in [2.45, 2.75) is 67.5 Å². The van der Waals surface area contributed by atoms with Crippen LogP contribution in [0.1, 0.15) is 49.8 Å². The van der Waals surface area contributed by atoms with Gasteiger partial charge in [0.25, 0.3) is 0 Å². The summed E-state index contributed by atoms with van der Waals surface area (Å²) >= 11 is 6.06. The Morgan fingerprint density at radius 2 is 2.03 bits per heavy atom. The maximum atomic E-state index is 12.9. The average Bonchev–Trinajstić information content (AvgIpc) is 2.76. The van der Waals surface area contributed by atoms with Crippen LogP contribution in [0.25, 0.3) is 5.57 Å². The molecule has 5 aliphatic rings. The van der Waals surface area contributed by atoms with Crippen molar-refractivity contribution in [2.24, 2.45) is 0 Å². The van der Waals surface area contributed by atoms with Gasteiger partial charge in [0.15, 0.2) is 0 Å². The van der Waals surface area contributed by atoms with E-state index in [0.717, 1.165) is 66.5 Å². The predicted octanol–water partition coefficient (Wildman–Crippen LogP) is 3.95. The number of fused-ring (bicyclic) bond motifs is 2. The fraction of sp³-hybridized carbons (Fsp3) is 0.500. The van der Waals surface area contributed by atoms with E-state index in [9.17, 15) is 9.32 Å². The van der Waals surface area contributed by atoms with Crippen molar-refractivity contribution < 1.29 is 9.32 Å². The van der Waals surface area contributed by atoms with Crippen LogP contribution in [0.4, 0.5) is 11.8 Å². The topological polar surface area (TPSA) is 78.4 Å². The number of benzene rings is 1. The number of aromatic nitrogens is 2. The Morgan fingerprint density at radius 3 is 2.69 bits per heavy atom. The largest absolute Gasteiger partial charge is 0.394 e. The first-order valence-corrected chi connectivity index (χ1v) is 13.2. The molecule has 6 nitrogen and oxygen atoms in total. The molecule has 2 N–H and O–H groups in total. The zero-order valence-electron chi connectivity index (χ0n) is 17.9. The Bertz CT molecular complexity index is 1110. The molecule has 0 spiro atoms. The standard InChI is InChI=1S/C24H27ClN4O2S/c25-17-6-4-15(5-7-17)16-11-18-13-19(12-16)29(18)23-26-20-3-1-10-32(31)21(20)22(27-23)28-24(14-30)8-2-9-24/h4-7,11,18-19,30H,1-3,8-10,12-14H2,(H,26,27,28)/t18?,19?,32-/m0/s1. The first-order valence-electron chi connectivity index (χ1n) is 11.5. The minimum atomic E-state index is -1.09. The molecule has 2 bridgehead atoms. The van der Waals surface area contributed by atoms with Gasteiger partial charge in [-0.1, -0.05) is 29.8 Å². The van der Waals surface area contributed by atoms with Gasteiger partial charge in [-0.25, -0.2) is 4.98 Å². The molecule has 2 fully saturated rings. The maximum Gasteiger partial charge on any atom is 0.228 e. The second-order valence-electron chi connectivity index (χ2n) is 9.49. The third-order valence-electron chi connectivity index (χ3n) is 7.45. The van der Waals surface area contributed by atoms with E-state index in [4.69, 9.17) is 21.6 Å². The Balaban J connectivity index is 1.34. The number of halogens is 1. The molecule has 8 heteroatoms. The monoisotopic (exact) mass is 470 g/mol. The number of anilines is 2. The minimum Gasteiger partial charge on any atom is -0.394 e. The van der Waals surface area contributed by atoms with E-state index in [1.54, 1.807) is 0 Å². The molecule has 2 unspecified atom stereocenters. The van der Waals surface area contributed by atoms with E-state index < -0.39 is 10.8 Å². The lowest BCUT2D eigenvalue weighted by Crippen LogP contribution is -2.58. The summed E-state index contributed by atoms with van der Waals surface area (Å²) in [5, 5.41) is 14.2. The summed E-state index contributed by atoms with van der Waals surface area (Å²) in [6.07, 6.45) is 9.00. The summed E-state index contributed by atoms with van der Waals surface area (Å²) in [4.78, 5) is 12.9. The highest BCUT2D eigenvalue weighted by molar-refractivity contribution is 7.85. The van der Waals surface area contributed by atoms with Crippen molar-refractivity contribution in [3.63, 3.8) is 0 Å². The number of hydrogen-bond acceptors (Lipinski definition) is 6. The highest BCUT2D eigenvalue weighted by Crippen LogP contribution is 2.44. The summed E-state index contributed by atoms with van der Waals surface area (Å²) in [5.41, 5.74) is 3.14. The van der Waals surface area contributed by atoms with Gasteiger partial charge >= 0.3 is 0 Å². The zero-order chi connectivity index (χ0) is 21.9. The lowest BCUT2D eigenvalue weighted by Gasteiger charge is -2.52. The van der Waals surface area contributed by atoms with Gasteiger partial charge in [-0.2, -0.15) is 4.98 Å². The van der Waals surface area contributed by atoms with Crippen LogP contribution in [0.5, 0.6) is 0 Å². The molecule has 1 saturated carbocycles. The van der Waals surface area contributed by atoms with E-state index in [-0.39, 0.29) is 18.2 Å². The maximum absolute atomic E-state index is 12.9. The van der Waals surface area contributed by atoms with Gasteiger partial charge in [0, 0.05) is 16.8 Å². The molecule has 3 aliphatic heterocycles. The van der Waals surface area contributed by atoms with Crippen LogP contribution < -0.4 is 10.2 Å². The van der Waals surface area contributed by atoms with Crippen LogP contribution in [0.15, 0.2) is 35.2 Å². The van der Waals surface area contributed by atoms with Crippen LogP contribution in [0.2, 0.25) is 5.02 Å². The van der Waals surface area contributed by atoms with E-state index in [1.807, 2.05) is 12.1 Å². The third-order valence-corrected chi connectivity index (χ3v) is 9.25. The molecule has 3 atom stereocenters. The lowest BCUT2D eigenvalue weighted by molar-refractivity contribution is 0.143. The van der Waals surface area contributed by atoms with Crippen molar-refractivity contribution in [1.82, 2.24) is 9.97 Å². The van der Waals surface area contributed by atoms with Gasteiger partial charge in [-0.15, -0.1) is 0 Å². The highest BCUT2D eigenvalue weighted by atomic mass is 35.5. The Morgan fingerprint density at radius 1 is 1.22 bits per heavy atom. The molecular formula is C24H27ClN4O2S. The minimum absolute atomic E-state index is 0.0654. The number of rotatable bonds is 5. The molecule has 168 valence electrons. The van der Waals surface area contributed by atoms with Gasteiger partial charge < -0.3 is 15.3 Å². The summed E-state index contributed by atoms with van der Waals surface area (Å²) in [7, 11) is -1.09. The normalized spacial score (nSPS) is 27.6. The van der Waals surface area contributed by atoms with Gasteiger partial charge in [-0.3, -0.25) is 4.21 Å². The number of nitrogens with zero attached hydrogens (tertiary/aromatic N) is 3. The van der Waals surface area contributed by atoms with Gasteiger partial charge in [0.05, 0.1) is 34.7 Å². The van der Waals surface area contributed by atoms with Crippen LogP contribution in [-0.2, 0) is 17.2 Å². The fourth-order valence-corrected chi connectivity index (χ4v) is 6.91. The van der Waals surface area contributed by atoms with Crippen molar-refractivity contribution >= 4 is 39.7 Å². The molecule has 7 rings (SSSR count). The number of hydrogen-bond donors (Lipinski definition) is 2. The van der Waals surface area contributed by atoms with E-state index in [1.165, 1.54) is 11.1 Å². The Hall–Kier alpha value is -1.96. The van der Waals surface area contributed by atoms with Crippen molar-refractivity contribution in [2.75, 3.05) is 22.6 Å². The van der Waals surface area contributed by atoms with Crippen molar-refractivity contribution in [3.05, 3.63) is 46.6 Å². The molecule has 1 aromatic carbocycles. The van der Waals surface area contributed by atoms with E-state index in [2.05, 4.69) is 28.4 Å². The average molecular weight is 471 g/mol. The van der Waals surface area contributed by atoms with Crippen LogP contribution in [0, 0.1) is 0 Å². The molecule has 2 aliphatic carbocycles. The predicted molar refractivity (Wildman–Crippen MR) is 128 cm³/mol. The second-order valence-corrected chi connectivity index (χ2v) is 11.4. The number of aryl methyl sites for hydroxylation is 1. The summed E-state index contributed by atoms with van der Waals surface area (Å²) in [6.45, 7) is 0.0654. The molecule has 1 saturated heterocycles. The molecular weight excluding hydrogens is 444 g/mol. The van der Waals surface area contributed by atoms with Crippen LogP contribution in [0.3, 0.4) is 0 Å². The Kier molecular flexibility index (Phi) is 5.04. The quantitative estimate of drug-likeness (QED) is 0.689. The highest BCUT2D eigenvalue weighted by Gasteiger charge is 2.44. The number of aliphatic hydroxyl groups is 1. The molecule has 0 amide bonds. The molecule has 1 aromatic heterocycles. The lowest BCUT2D eigenvalue weighted by atomic mass is 9.77. The van der Waals surface area contributed by atoms with Gasteiger partial charge in [0.1, 0.15) is 10.7 Å². The number of nitrogens with one attached hydrogen (secondary N) is 1. The van der Waals surface area contributed by atoms with Crippen molar-refractivity contribution in [1.29, 1.82) is 0 Å². The van der Waals surface area contributed by atoms with Crippen LogP contribution >= 0.6 is 11.6 Å². The van der Waals surface area contributed by atoms with E-state index in [0.29, 0.717) is 17.6 Å². The molecule has 32 heavy (non-hydrogen) atoms. The van der Waals surface area contributed by atoms with Gasteiger partial charge in [-0.05, 0) is 68.2 Å². The first-order chi connectivity index (χ1) is 15.5. The fourth-order valence-electron chi connectivity index (χ4n) is 5.46. The zero-order valence-corrected chi connectivity index (χ0v) is 19.5. The Labute approximate surface area is 195 Å². The smallest absolute Gasteiger partial charge is 0.228 e. The molecule has 0 radical (unpaired) electrons. The molecule has 2 aromatic rings. The summed E-state index contributed by atoms with van der Waals surface area (Å²) < 4.78 is 12.9. The number of aliphatic hydroxyl groups excluding tert-OH is 1. The SMILES string of the molecule is O=[S@]1CCCc2nc(N3C4C=C(c5ccc(Cl)cc5)CC3C4)nc(NC3(CO)CCC3)c21. The summed E-state index contributed by atoms with van der Waals surface area (Å²) in [5.74, 6) is 2.05. The third kappa shape index (κ3) is 3.37. The van der Waals surface area contributed by atoms with Crippen molar-refractivity contribution in [3.8, 4) is 0 Å². The summed E-state index contributed by atoms with van der Waals surface area (Å²) in [6, 6.07) is 8.70.